The van der Waals surface area contributed by atoms with Crippen molar-refractivity contribution in [1.29, 1.82) is 0 Å². The van der Waals surface area contributed by atoms with Gasteiger partial charge in [0.05, 0.1) is 0 Å². The van der Waals surface area contributed by atoms with Crippen molar-refractivity contribution >= 4 is 0 Å². The van der Waals surface area contributed by atoms with Gasteiger partial charge in [0.15, 0.2) is 0 Å². The molecule has 0 bridgehead atoms. The lowest BCUT2D eigenvalue weighted by molar-refractivity contribution is 0.129. The summed E-state index contributed by atoms with van der Waals surface area (Å²) in [7, 11) is 0. The zero-order valence-electron chi connectivity index (χ0n) is 12.7. The number of nitrogens with one attached hydrogen (secondary N) is 1. The summed E-state index contributed by atoms with van der Waals surface area (Å²) < 4.78 is 0. The molecule has 1 N–H and O–H groups in total. The van der Waals surface area contributed by atoms with Crippen LogP contribution in [0.3, 0.4) is 0 Å². The lowest BCUT2D eigenvalue weighted by Crippen LogP contribution is -2.51. The molecule has 0 radical (unpaired) electrons. The Morgan fingerprint density at radius 3 is 2.44 bits per heavy atom. The SMILES string of the molecule is CCNC1CCCCC1N1CCC(CC)(CC)C1. The Bertz CT molecular complexity index is 245. The van der Waals surface area contributed by atoms with E-state index in [2.05, 4.69) is 31.0 Å². The minimum absolute atomic E-state index is 0.633. The highest BCUT2D eigenvalue weighted by molar-refractivity contribution is 4.95. The zero-order valence-corrected chi connectivity index (χ0v) is 12.7. The molecule has 0 amide bonds. The van der Waals surface area contributed by atoms with E-state index in [9.17, 15) is 0 Å². The van der Waals surface area contributed by atoms with E-state index in [1.54, 1.807) is 0 Å². The molecular formula is C16H32N2. The highest BCUT2D eigenvalue weighted by atomic mass is 15.2. The Kier molecular flexibility index (Phi) is 5.08. The summed E-state index contributed by atoms with van der Waals surface area (Å²) in [5, 5.41) is 3.73. The van der Waals surface area contributed by atoms with Gasteiger partial charge in [-0.1, -0.05) is 33.6 Å². The van der Waals surface area contributed by atoms with E-state index in [0.717, 1.165) is 18.6 Å². The molecule has 2 aliphatic rings. The highest BCUT2D eigenvalue weighted by Gasteiger charge is 2.40. The molecule has 2 heteroatoms. The van der Waals surface area contributed by atoms with E-state index in [-0.39, 0.29) is 0 Å². The summed E-state index contributed by atoms with van der Waals surface area (Å²) in [4.78, 5) is 2.82. The predicted molar refractivity (Wildman–Crippen MR) is 78.9 cm³/mol. The second-order valence-corrected chi connectivity index (χ2v) is 6.44. The van der Waals surface area contributed by atoms with Gasteiger partial charge in [0.25, 0.3) is 0 Å². The summed E-state index contributed by atoms with van der Waals surface area (Å²) >= 11 is 0. The van der Waals surface area contributed by atoms with Gasteiger partial charge in [0.2, 0.25) is 0 Å². The van der Waals surface area contributed by atoms with Gasteiger partial charge in [-0.3, -0.25) is 4.90 Å². The summed E-state index contributed by atoms with van der Waals surface area (Å²) in [5.41, 5.74) is 0.633. The fraction of sp³-hybridized carbons (Fsp3) is 1.00. The molecule has 2 unspecified atom stereocenters. The van der Waals surface area contributed by atoms with Gasteiger partial charge in [-0.2, -0.15) is 0 Å². The van der Waals surface area contributed by atoms with E-state index < -0.39 is 0 Å². The van der Waals surface area contributed by atoms with Crippen molar-refractivity contribution in [2.75, 3.05) is 19.6 Å². The normalized spacial score (nSPS) is 32.8. The maximum absolute atomic E-state index is 3.73. The molecule has 2 fully saturated rings. The molecule has 106 valence electrons. The second-order valence-electron chi connectivity index (χ2n) is 6.44. The molecule has 18 heavy (non-hydrogen) atoms. The lowest BCUT2D eigenvalue weighted by Gasteiger charge is -2.39. The first kappa shape index (κ1) is 14.3. The molecule has 1 heterocycles. The predicted octanol–water partition coefficient (Wildman–Crippen LogP) is 3.42. The molecular weight excluding hydrogens is 220 g/mol. The summed E-state index contributed by atoms with van der Waals surface area (Å²) in [6.07, 6.45) is 9.82. The van der Waals surface area contributed by atoms with Crippen LogP contribution in [0.4, 0.5) is 0 Å². The summed E-state index contributed by atoms with van der Waals surface area (Å²) in [6.45, 7) is 10.8. The van der Waals surface area contributed by atoms with Gasteiger partial charge in [-0.05, 0) is 50.6 Å². The van der Waals surface area contributed by atoms with E-state index in [0.29, 0.717) is 5.41 Å². The Balaban J connectivity index is 1.98. The Morgan fingerprint density at radius 2 is 1.83 bits per heavy atom. The van der Waals surface area contributed by atoms with Crippen molar-refractivity contribution < 1.29 is 0 Å². The first-order valence-electron chi connectivity index (χ1n) is 8.22. The molecule has 1 saturated heterocycles. The van der Waals surface area contributed by atoms with Crippen LogP contribution in [0.2, 0.25) is 0 Å². The number of likely N-dealkylation sites (N-methyl/N-ethyl adjacent to an activating group) is 1. The number of hydrogen-bond acceptors (Lipinski definition) is 2. The van der Waals surface area contributed by atoms with Crippen LogP contribution in [-0.2, 0) is 0 Å². The summed E-state index contributed by atoms with van der Waals surface area (Å²) in [6, 6.07) is 1.58. The standard InChI is InChI=1S/C16H32N2/c1-4-16(5-2)11-12-18(13-16)15-10-8-7-9-14(15)17-6-3/h14-15,17H,4-13H2,1-3H3. The van der Waals surface area contributed by atoms with E-state index in [1.807, 2.05) is 0 Å². The minimum atomic E-state index is 0.633. The molecule has 0 aromatic rings. The van der Waals surface area contributed by atoms with Crippen molar-refractivity contribution in [3.8, 4) is 0 Å². The van der Waals surface area contributed by atoms with Crippen LogP contribution in [0.25, 0.3) is 0 Å². The van der Waals surface area contributed by atoms with Gasteiger partial charge in [-0.15, -0.1) is 0 Å². The highest BCUT2D eigenvalue weighted by Crippen LogP contribution is 2.39. The van der Waals surface area contributed by atoms with Gasteiger partial charge in [0, 0.05) is 18.6 Å². The Hall–Kier alpha value is -0.0800. The third-order valence-electron chi connectivity index (χ3n) is 5.63. The van der Waals surface area contributed by atoms with Crippen LogP contribution in [-0.4, -0.2) is 36.6 Å². The van der Waals surface area contributed by atoms with Crippen molar-refractivity contribution in [2.24, 2.45) is 5.41 Å². The maximum Gasteiger partial charge on any atom is 0.0249 e. The molecule has 0 spiro atoms. The zero-order chi connectivity index (χ0) is 13.0. The number of nitrogens with zero attached hydrogens (tertiary/aromatic N) is 1. The third kappa shape index (κ3) is 2.91. The number of rotatable bonds is 5. The quantitative estimate of drug-likeness (QED) is 0.806. The molecule has 0 aromatic carbocycles. The minimum Gasteiger partial charge on any atom is -0.313 e. The van der Waals surface area contributed by atoms with Gasteiger partial charge in [-0.25, -0.2) is 0 Å². The van der Waals surface area contributed by atoms with Gasteiger partial charge < -0.3 is 5.32 Å². The van der Waals surface area contributed by atoms with E-state index in [1.165, 1.54) is 58.0 Å². The summed E-state index contributed by atoms with van der Waals surface area (Å²) in [5.74, 6) is 0. The maximum atomic E-state index is 3.73. The molecule has 1 aliphatic carbocycles. The van der Waals surface area contributed by atoms with E-state index in [4.69, 9.17) is 0 Å². The Morgan fingerprint density at radius 1 is 1.11 bits per heavy atom. The fourth-order valence-electron chi connectivity index (χ4n) is 4.13. The topological polar surface area (TPSA) is 15.3 Å². The molecule has 1 aliphatic heterocycles. The van der Waals surface area contributed by atoms with Crippen molar-refractivity contribution in [3.05, 3.63) is 0 Å². The number of hydrogen-bond donors (Lipinski definition) is 1. The average Bonchev–Trinajstić information content (AvgIpc) is 2.85. The van der Waals surface area contributed by atoms with Crippen molar-refractivity contribution in [3.63, 3.8) is 0 Å². The van der Waals surface area contributed by atoms with Crippen LogP contribution >= 0.6 is 0 Å². The first-order chi connectivity index (χ1) is 8.74. The average molecular weight is 252 g/mol. The van der Waals surface area contributed by atoms with E-state index >= 15 is 0 Å². The molecule has 2 atom stereocenters. The third-order valence-corrected chi connectivity index (χ3v) is 5.63. The fourth-order valence-corrected chi connectivity index (χ4v) is 4.13. The second kappa shape index (κ2) is 6.38. The smallest absolute Gasteiger partial charge is 0.0249 e. The van der Waals surface area contributed by atoms with Crippen LogP contribution in [0.1, 0.15) is 65.7 Å². The molecule has 0 aromatic heterocycles. The van der Waals surface area contributed by atoms with Crippen molar-refractivity contribution in [1.82, 2.24) is 10.2 Å². The first-order valence-corrected chi connectivity index (χ1v) is 8.22. The molecule has 2 rings (SSSR count). The Labute approximate surface area is 114 Å². The van der Waals surface area contributed by atoms with Crippen LogP contribution in [0.15, 0.2) is 0 Å². The number of likely N-dealkylation sites (tertiary alicyclic amines) is 1. The van der Waals surface area contributed by atoms with Crippen LogP contribution in [0.5, 0.6) is 0 Å². The van der Waals surface area contributed by atoms with Gasteiger partial charge in [0.1, 0.15) is 0 Å². The van der Waals surface area contributed by atoms with Crippen LogP contribution < -0.4 is 5.32 Å². The molecule has 2 nitrogen and oxygen atoms in total. The lowest BCUT2D eigenvalue weighted by atomic mass is 9.81. The molecule has 1 saturated carbocycles. The largest absolute Gasteiger partial charge is 0.313 e. The van der Waals surface area contributed by atoms with Crippen molar-refractivity contribution in [2.45, 2.75) is 77.8 Å². The van der Waals surface area contributed by atoms with Crippen LogP contribution in [0, 0.1) is 5.41 Å². The monoisotopic (exact) mass is 252 g/mol. The van der Waals surface area contributed by atoms with Gasteiger partial charge >= 0.3 is 0 Å².